The van der Waals surface area contributed by atoms with Crippen LogP contribution in [0, 0.1) is 12.1 Å². The largest absolute Gasteiger partial charge is 0.626 e. The average Bonchev–Trinajstić information content (AvgIpc) is 2.81. The summed E-state index contributed by atoms with van der Waals surface area (Å²) in [6.07, 6.45) is 0. The van der Waals surface area contributed by atoms with Crippen LogP contribution in [-0.2, 0) is 0 Å². The maximum absolute atomic E-state index is 13.5. The minimum atomic E-state index is -0.344. The zero-order chi connectivity index (χ0) is 16.0. The van der Waals surface area contributed by atoms with E-state index in [4.69, 9.17) is 4.99 Å². The molecular formula is C17H20N4OS. The number of para-hydroxylation sites is 2. The highest BCUT2D eigenvalue weighted by Gasteiger charge is 2.34. The lowest BCUT2D eigenvalue weighted by Gasteiger charge is -2.46. The van der Waals surface area contributed by atoms with Crippen LogP contribution in [0.3, 0.4) is 0 Å². The summed E-state index contributed by atoms with van der Waals surface area (Å²) in [4.78, 5) is 8.21. The van der Waals surface area contributed by atoms with Crippen LogP contribution in [-0.4, -0.2) is 48.6 Å². The van der Waals surface area contributed by atoms with Gasteiger partial charge >= 0.3 is 0 Å². The van der Waals surface area contributed by atoms with Crippen molar-refractivity contribution in [2.24, 2.45) is 4.99 Å². The molecule has 4 rings (SSSR count). The van der Waals surface area contributed by atoms with Crippen molar-refractivity contribution < 1.29 is 4.65 Å². The third-order valence-corrected chi connectivity index (χ3v) is 5.51. The normalized spacial score (nSPS) is 20.0. The van der Waals surface area contributed by atoms with Gasteiger partial charge in [-0.2, -0.15) is 4.99 Å². The molecule has 0 saturated carbocycles. The Kier molecular flexibility index (Phi) is 3.50. The van der Waals surface area contributed by atoms with E-state index in [1.165, 1.54) is 4.88 Å². The first-order chi connectivity index (χ1) is 11.0. The molecule has 1 saturated heterocycles. The lowest BCUT2D eigenvalue weighted by Crippen LogP contribution is -2.58. The number of amidine groups is 1. The molecule has 5 nitrogen and oxygen atoms in total. The van der Waals surface area contributed by atoms with Crippen molar-refractivity contribution in [2.75, 3.05) is 38.5 Å². The van der Waals surface area contributed by atoms with Gasteiger partial charge in [0.1, 0.15) is 5.00 Å². The molecule has 3 heterocycles. The molecule has 0 radical (unpaired) electrons. The van der Waals surface area contributed by atoms with Gasteiger partial charge in [0.05, 0.1) is 30.0 Å². The Labute approximate surface area is 140 Å². The number of rotatable bonds is 0. The monoisotopic (exact) mass is 328 g/mol. The number of aryl methyl sites for hydroxylation is 1. The second-order valence-corrected chi connectivity index (χ2v) is 7.57. The van der Waals surface area contributed by atoms with Crippen LogP contribution < -0.4 is 5.32 Å². The molecule has 1 aromatic heterocycles. The number of hydrogen-bond acceptors (Lipinski definition) is 5. The van der Waals surface area contributed by atoms with Crippen molar-refractivity contribution in [3.63, 3.8) is 0 Å². The zero-order valence-corrected chi connectivity index (χ0v) is 14.2. The maximum Gasteiger partial charge on any atom is 0.238 e. The smallest absolute Gasteiger partial charge is 0.238 e. The van der Waals surface area contributed by atoms with Crippen LogP contribution in [0.2, 0.25) is 0 Å². The Morgan fingerprint density at radius 1 is 1.26 bits per heavy atom. The topological polar surface area (TPSA) is 50.7 Å². The molecule has 23 heavy (non-hydrogen) atoms. The number of likely N-dealkylation sites (N-methyl/N-ethyl adjacent to an activating group) is 1. The summed E-state index contributed by atoms with van der Waals surface area (Å²) < 4.78 is -0.344. The SMILES string of the molecule is Cc1cc2c(s1)Nc1ccccc1N=C2[N+]1([O-])CCN(C)CC1. The number of piperazine rings is 1. The van der Waals surface area contributed by atoms with E-state index in [0.29, 0.717) is 18.9 Å². The quantitative estimate of drug-likeness (QED) is 0.595. The molecule has 6 heteroatoms. The predicted molar refractivity (Wildman–Crippen MR) is 95.8 cm³/mol. The average molecular weight is 328 g/mol. The van der Waals surface area contributed by atoms with E-state index in [2.05, 4.69) is 30.3 Å². The van der Waals surface area contributed by atoms with Crippen molar-refractivity contribution >= 4 is 33.5 Å². The lowest BCUT2D eigenvalue weighted by molar-refractivity contribution is -0.794. The summed E-state index contributed by atoms with van der Waals surface area (Å²) >= 11 is 1.68. The lowest BCUT2D eigenvalue weighted by atomic mass is 10.2. The number of thiophene rings is 1. The highest BCUT2D eigenvalue weighted by molar-refractivity contribution is 7.16. The Hall–Kier alpha value is -1.73. The number of quaternary nitrogens is 1. The summed E-state index contributed by atoms with van der Waals surface area (Å²) in [5.74, 6) is 0.648. The van der Waals surface area contributed by atoms with Crippen molar-refractivity contribution in [3.8, 4) is 0 Å². The molecule has 120 valence electrons. The van der Waals surface area contributed by atoms with E-state index in [1.807, 2.05) is 24.3 Å². The van der Waals surface area contributed by atoms with E-state index in [0.717, 1.165) is 35.0 Å². The van der Waals surface area contributed by atoms with Crippen molar-refractivity contribution in [1.82, 2.24) is 4.90 Å². The minimum absolute atomic E-state index is 0.344. The standard InChI is InChI=1S/C17H20N4OS/c1-12-11-13-16(21(22)9-7-20(2)8-10-21)18-14-5-3-4-6-15(14)19-17(13)23-12/h3-6,11,19H,7-10H2,1-2H3. The van der Waals surface area contributed by atoms with E-state index in [-0.39, 0.29) is 4.65 Å². The van der Waals surface area contributed by atoms with Crippen molar-refractivity contribution in [1.29, 1.82) is 0 Å². The second-order valence-electron chi connectivity index (χ2n) is 6.32. The van der Waals surface area contributed by atoms with Gasteiger partial charge in [0.25, 0.3) is 0 Å². The summed E-state index contributed by atoms with van der Waals surface area (Å²) in [7, 11) is 2.06. The van der Waals surface area contributed by atoms with Gasteiger partial charge in [0, 0.05) is 18.0 Å². The number of fused-ring (bicyclic) bond motifs is 2. The van der Waals surface area contributed by atoms with Gasteiger partial charge < -0.3 is 15.2 Å². The molecule has 2 aliphatic rings. The Bertz CT molecular complexity index is 775. The number of hydrogen-bond donors (Lipinski definition) is 1. The van der Waals surface area contributed by atoms with Crippen LogP contribution >= 0.6 is 11.3 Å². The predicted octanol–water partition coefficient (Wildman–Crippen LogP) is 3.45. The summed E-state index contributed by atoms with van der Waals surface area (Å²) in [5, 5.41) is 18.0. The Morgan fingerprint density at radius 2 is 2.00 bits per heavy atom. The molecule has 1 fully saturated rings. The van der Waals surface area contributed by atoms with E-state index >= 15 is 0 Å². The minimum Gasteiger partial charge on any atom is -0.626 e. The fourth-order valence-electron chi connectivity index (χ4n) is 3.16. The molecule has 1 N–H and O–H groups in total. The van der Waals surface area contributed by atoms with Crippen LogP contribution in [0.5, 0.6) is 0 Å². The number of hydroxylamine groups is 3. The maximum atomic E-state index is 13.5. The number of nitrogens with zero attached hydrogens (tertiary/aromatic N) is 3. The van der Waals surface area contributed by atoms with Gasteiger partial charge in [-0.05, 0) is 32.2 Å². The molecule has 2 aliphatic heterocycles. The van der Waals surface area contributed by atoms with Gasteiger partial charge in [0.2, 0.25) is 5.84 Å². The van der Waals surface area contributed by atoms with E-state index in [9.17, 15) is 5.21 Å². The van der Waals surface area contributed by atoms with Gasteiger partial charge in [-0.3, -0.25) is 4.90 Å². The highest BCUT2D eigenvalue weighted by atomic mass is 32.1. The summed E-state index contributed by atoms with van der Waals surface area (Å²) in [6.45, 7) is 4.77. The summed E-state index contributed by atoms with van der Waals surface area (Å²) in [5.41, 5.74) is 2.77. The fraction of sp³-hybridized carbons (Fsp3) is 0.353. The Balaban J connectivity index is 1.87. The zero-order valence-electron chi connectivity index (χ0n) is 13.4. The molecular weight excluding hydrogens is 308 g/mol. The highest BCUT2D eigenvalue weighted by Crippen LogP contribution is 2.40. The summed E-state index contributed by atoms with van der Waals surface area (Å²) in [6, 6.07) is 10.0. The molecule has 0 bridgehead atoms. The number of nitrogens with one attached hydrogen (secondary N) is 1. The number of benzene rings is 1. The van der Waals surface area contributed by atoms with Crippen molar-refractivity contribution in [3.05, 3.63) is 46.0 Å². The Morgan fingerprint density at radius 3 is 2.78 bits per heavy atom. The van der Waals surface area contributed by atoms with Crippen molar-refractivity contribution in [2.45, 2.75) is 6.92 Å². The second kappa shape index (κ2) is 5.42. The van der Waals surface area contributed by atoms with E-state index in [1.54, 1.807) is 11.3 Å². The fourth-order valence-corrected chi connectivity index (χ4v) is 4.08. The molecule has 2 aromatic rings. The molecule has 0 aliphatic carbocycles. The first kappa shape index (κ1) is 14.8. The van der Waals surface area contributed by atoms with Gasteiger partial charge in [-0.15, -0.1) is 11.3 Å². The molecule has 0 atom stereocenters. The van der Waals surface area contributed by atoms with Crippen LogP contribution in [0.15, 0.2) is 35.3 Å². The molecule has 0 unspecified atom stereocenters. The first-order valence-corrected chi connectivity index (χ1v) is 8.69. The third kappa shape index (κ3) is 2.57. The van der Waals surface area contributed by atoms with Gasteiger partial charge in [-0.1, -0.05) is 12.1 Å². The van der Waals surface area contributed by atoms with Crippen LogP contribution in [0.1, 0.15) is 10.4 Å². The van der Waals surface area contributed by atoms with E-state index < -0.39 is 0 Å². The van der Waals surface area contributed by atoms with Crippen LogP contribution in [0.25, 0.3) is 0 Å². The molecule has 0 spiro atoms. The molecule has 0 amide bonds. The first-order valence-electron chi connectivity index (χ1n) is 7.88. The van der Waals surface area contributed by atoms with Gasteiger partial charge in [0.15, 0.2) is 0 Å². The van der Waals surface area contributed by atoms with Gasteiger partial charge in [-0.25, -0.2) is 0 Å². The number of aliphatic imine (C=N–C) groups is 1. The van der Waals surface area contributed by atoms with Crippen LogP contribution in [0.4, 0.5) is 16.4 Å². The molecule has 1 aromatic carbocycles. The number of anilines is 2. The third-order valence-electron chi connectivity index (χ3n) is 4.55.